The predicted octanol–water partition coefficient (Wildman–Crippen LogP) is 2.33. The minimum Gasteiger partial charge on any atom is -0.469 e. The molecular formula is C18H27IN6O. The Morgan fingerprint density at radius 1 is 1.54 bits per heavy atom. The Morgan fingerprint density at radius 2 is 2.42 bits per heavy atom. The number of nitrogens with one attached hydrogen (secondary N) is 2. The molecule has 3 rings (SSSR count). The fourth-order valence-electron chi connectivity index (χ4n) is 2.88. The average molecular weight is 470 g/mol. The van der Waals surface area contributed by atoms with Crippen molar-refractivity contribution in [1.82, 2.24) is 25.4 Å². The monoisotopic (exact) mass is 470 g/mol. The molecule has 1 aliphatic rings. The lowest BCUT2D eigenvalue weighted by Crippen LogP contribution is -2.47. The maximum Gasteiger partial charge on any atom is 0.191 e. The largest absolute Gasteiger partial charge is 0.469 e. The number of rotatable bonds is 7. The van der Waals surface area contributed by atoms with Gasteiger partial charge in [-0.3, -0.25) is 4.99 Å². The van der Waals surface area contributed by atoms with E-state index in [0.29, 0.717) is 19.1 Å². The summed E-state index contributed by atoms with van der Waals surface area (Å²) in [7, 11) is 0. The molecule has 7 nitrogen and oxygen atoms in total. The van der Waals surface area contributed by atoms with Gasteiger partial charge in [-0.1, -0.05) is 13.0 Å². The molecule has 2 aromatic heterocycles. The van der Waals surface area contributed by atoms with E-state index in [4.69, 9.17) is 4.42 Å². The Kier molecular flexibility index (Phi) is 8.14. The molecule has 142 valence electrons. The molecule has 3 heterocycles. The second-order valence-electron chi connectivity index (χ2n) is 6.09. The fourth-order valence-corrected chi connectivity index (χ4v) is 2.88. The summed E-state index contributed by atoms with van der Waals surface area (Å²) in [6.45, 7) is 8.00. The van der Waals surface area contributed by atoms with Crippen LogP contribution in [0, 0.1) is 0 Å². The van der Waals surface area contributed by atoms with Gasteiger partial charge in [-0.25, -0.2) is 9.67 Å². The molecule has 2 N–H and O–H groups in total. The molecule has 0 fully saturated rings. The van der Waals surface area contributed by atoms with E-state index in [-0.39, 0.29) is 24.0 Å². The van der Waals surface area contributed by atoms with Gasteiger partial charge in [0.25, 0.3) is 0 Å². The van der Waals surface area contributed by atoms with Crippen molar-refractivity contribution in [1.29, 1.82) is 0 Å². The average Bonchev–Trinajstić information content (AvgIpc) is 3.28. The number of fused-ring (bicyclic) bond motifs is 1. The first kappa shape index (κ1) is 20.5. The van der Waals surface area contributed by atoms with Gasteiger partial charge in [0.2, 0.25) is 0 Å². The zero-order valence-electron chi connectivity index (χ0n) is 15.1. The molecule has 0 aliphatic carbocycles. The number of aliphatic imine (C=N–C) groups is 1. The minimum absolute atomic E-state index is 0. The van der Waals surface area contributed by atoms with Crippen LogP contribution in [0.2, 0.25) is 0 Å². The molecule has 1 aliphatic heterocycles. The zero-order valence-corrected chi connectivity index (χ0v) is 17.5. The molecule has 0 aromatic carbocycles. The van der Waals surface area contributed by atoms with E-state index < -0.39 is 0 Å². The SMILES string of the molecule is C=CCNC(=NCCc1ccco1)NC1CCc2nc(CC)nn2C1.I. The molecule has 0 saturated heterocycles. The predicted molar refractivity (Wildman–Crippen MR) is 113 cm³/mol. The molecule has 0 spiro atoms. The van der Waals surface area contributed by atoms with Crippen LogP contribution in [0.4, 0.5) is 0 Å². The summed E-state index contributed by atoms with van der Waals surface area (Å²) in [6.07, 6.45) is 7.13. The van der Waals surface area contributed by atoms with Crippen molar-refractivity contribution in [3.8, 4) is 0 Å². The van der Waals surface area contributed by atoms with Crippen molar-refractivity contribution in [2.45, 2.75) is 45.2 Å². The first-order chi connectivity index (χ1) is 12.3. The number of hydrogen-bond donors (Lipinski definition) is 2. The molecule has 1 unspecified atom stereocenters. The lowest BCUT2D eigenvalue weighted by atomic mass is 10.1. The molecule has 0 amide bonds. The summed E-state index contributed by atoms with van der Waals surface area (Å²) in [5.74, 6) is 3.76. The van der Waals surface area contributed by atoms with Crippen molar-refractivity contribution < 1.29 is 4.42 Å². The van der Waals surface area contributed by atoms with Gasteiger partial charge < -0.3 is 15.1 Å². The van der Waals surface area contributed by atoms with Crippen molar-refractivity contribution in [3.63, 3.8) is 0 Å². The third-order valence-electron chi connectivity index (χ3n) is 4.18. The van der Waals surface area contributed by atoms with Gasteiger partial charge in [0.1, 0.15) is 11.6 Å². The topological polar surface area (TPSA) is 80.3 Å². The molecule has 2 aromatic rings. The van der Waals surface area contributed by atoms with E-state index in [1.807, 2.05) is 22.9 Å². The number of aryl methyl sites for hydroxylation is 2. The van der Waals surface area contributed by atoms with Gasteiger partial charge in [-0.15, -0.1) is 30.6 Å². The van der Waals surface area contributed by atoms with E-state index in [0.717, 1.165) is 55.6 Å². The number of aromatic nitrogens is 3. The van der Waals surface area contributed by atoms with Gasteiger partial charge in [0.15, 0.2) is 11.8 Å². The zero-order chi connectivity index (χ0) is 17.5. The number of guanidine groups is 1. The molecular weight excluding hydrogens is 443 g/mol. The van der Waals surface area contributed by atoms with E-state index in [2.05, 4.69) is 39.2 Å². The third kappa shape index (κ3) is 5.58. The van der Waals surface area contributed by atoms with Crippen molar-refractivity contribution >= 4 is 29.9 Å². The smallest absolute Gasteiger partial charge is 0.191 e. The van der Waals surface area contributed by atoms with Crippen molar-refractivity contribution in [2.24, 2.45) is 4.99 Å². The summed E-state index contributed by atoms with van der Waals surface area (Å²) in [5, 5.41) is 11.4. The minimum atomic E-state index is 0. The lowest BCUT2D eigenvalue weighted by Gasteiger charge is -2.25. The van der Waals surface area contributed by atoms with Crippen LogP contribution >= 0.6 is 24.0 Å². The van der Waals surface area contributed by atoms with Crippen LogP contribution in [0.1, 0.15) is 30.8 Å². The molecule has 0 radical (unpaired) electrons. The summed E-state index contributed by atoms with van der Waals surface area (Å²) >= 11 is 0. The maximum atomic E-state index is 5.35. The van der Waals surface area contributed by atoms with Crippen molar-refractivity contribution in [3.05, 3.63) is 48.5 Å². The summed E-state index contributed by atoms with van der Waals surface area (Å²) < 4.78 is 7.38. The molecule has 1 atom stereocenters. The fraction of sp³-hybridized carbons (Fsp3) is 0.500. The van der Waals surface area contributed by atoms with Crippen LogP contribution in [-0.2, 0) is 25.8 Å². The highest BCUT2D eigenvalue weighted by Gasteiger charge is 2.22. The third-order valence-corrected chi connectivity index (χ3v) is 4.18. The molecule has 0 bridgehead atoms. The Balaban J connectivity index is 0.00000243. The Bertz CT molecular complexity index is 709. The van der Waals surface area contributed by atoms with E-state index in [9.17, 15) is 0 Å². The number of nitrogens with zero attached hydrogens (tertiary/aromatic N) is 4. The van der Waals surface area contributed by atoms with E-state index in [1.54, 1.807) is 6.26 Å². The highest BCUT2D eigenvalue weighted by atomic mass is 127. The second kappa shape index (κ2) is 10.3. The quantitative estimate of drug-likeness (QED) is 0.281. The molecule has 8 heteroatoms. The standard InChI is InChI=1S/C18H26N6O.HI/c1-3-10-19-18(20-11-9-15-6-5-12-25-15)21-14-7-8-17-22-16(4-2)23-24(17)13-14;/h3,5-6,12,14H,1,4,7-11,13H2,2H3,(H2,19,20,21);1H. The number of furan rings is 1. The van der Waals surface area contributed by atoms with E-state index >= 15 is 0 Å². The van der Waals surface area contributed by atoms with Gasteiger partial charge in [-0.05, 0) is 18.6 Å². The highest BCUT2D eigenvalue weighted by molar-refractivity contribution is 14.0. The second-order valence-corrected chi connectivity index (χ2v) is 6.09. The van der Waals surface area contributed by atoms with Crippen molar-refractivity contribution in [2.75, 3.05) is 13.1 Å². The first-order valence-corrected chi connectivity index (χ1v) is 8.89. The summed E-state index contributed by atoms with van der Waals surface area (Å²) in [6, 6.07) is 4.16. The van der Waals surface area contributed by atoms with Crippen LogP contribution in [0.25, 0.3) is 0 Å². The lowest BCUT2D eigenvalue weighted by molar-refractivity contribution is 0.392. The number of hydrogen-bond acceptors (Lipinski definition) is 4. The first-order valence-electron chi connectivity index (χ1n) is 8.89. The van der Waals surface area contributed by atoms with Crippen LogP contribution in [-0.4, -0.2) is 39.9 Å². The molecule has 0 saturated carbocycles. The Morgan fingerprint density at radius 3 is 3.15 bits per heavy atom. The van der Waals surface area contributed by atoms with Gasteiger partial charge in [-0.2, -0.15) is 5.10 Å². The van der Waals surface area contributed by atoms with Gasteiger partial charge in [0, 0.05) is 38.4 Å². The number of halogens is 1. The van der Waals surface area contributed by atoms with Gasteiger partial charge >= 0.3 is 0 Å². The Hall–Kier alpha value is -1.84. The van der Waals surface area contributed by atoms with Crippen LogP contribution in [0.3, 0.4) is 0 Å². The highest BCUT2D eigenvalue weighted by Crippen LogP contribution is 2.13. The summed E-state index contributed by atoms with van der Waals surface area (Å²) in [5.41, 5.74) is 0. The van der Waals surface area contributed by atoms with E-state index in [1.165, 1.54) is 0 Å². The van der Waals surface area contributed by atoms with Gasteiger partial charge in [0.05, 0.1) is 12.8 Å². The summed E-state index contributed by atoms with van der Waals surface area (Å²) in [4.78, 5) is 9.21. The van der Waals surface area contributed by atoms with Crippen LogP contribution < -0.4 is 10.6 Å². The maximum absolute atomic E-state index is 5.35. The normalized spacial score (nSPS) is 16.5. The van der Waals surface area contributed by atoms with Crippen LogP contribution in [0.5, 0.6) is 0 Å². The molecule has 26 heavy (non-hydrogen) atoms. The van der Waals surface area contributed by atoms with Crippen LogP contribution in [0.15, 0.2) is 40.5 Å². The Labute approximate surface area is 171 Å².